The molecule has 1 amide bonds. The predicted molar refractivity (Wildman–Crippen MR) is 69.6 cm³/mol. The van der Waals surface area contributed by atoms with Gasteiger partial charge in [-0.25, -0.2) is 31.1 Å². The fourth-order valence-electron chi connectivity index (χ4n) is 1.84. The van der Waals surface area contributed by atoms with Crippen molar-refractivity contribution in [3.8, 4) is 0 Å². The topological polar surface area (TPSA) is 152 Å². The normalized spacial score (nSPS) is 16.8. The van der Waals surface area contributed by atoms with E-state index in [2.05, 4.69) is 0 Å². The Kier molecular flexibility index (Phi) is 3.51. The number of fused-ring (bicyclic) bond motifs is 1. The van der Waals surface area contributed by atoms with Crippen LogP contribution in [0.2, 0.25) is 0 Å². The highest BCUT2D eigenvalue weighted by atomic mass is 32.2. The van der Waals surface area contributed by atoms with E-state index in [0.717, 1.165) is 18.2 Å². The maximum absolute atomic E-state index is 12.2. The Labute approximate surface area is 120 Å². The van der Waals surface area contributed by atoms with Gasteiger partial charge in [-0.1, -0.05) is 0 Å². The van der Waals surface area contributed by atoms with Crippen LogP contribution in [0.15, 0.2) is 23.1 Å². The van der Waals surface area contributed by atoms with Crippen LogP contribution in [0, 0.1) is 0 Å². The zero-order valence-corrected chi connectivity index (χ0v) is 12.0. The van der Waals surface area contributed by atoms with Gasteiger partial charge in [0.2, 0.25) is 10.0 Å². The molecule has 0 saturated carbocycles. The van der Waals surface area contributed by atoms with E-state index >= 15 is 0 Å². The van der Waals surface area contributed by atoms with Crippen molar-refractivity contribution in [1.29, 1.82) is 0 Å². The number of hydrogen-bond donors (Lipinski definition) is 2. The molecule has 0 fully saturated rings. The van der Waals surface area contributed by atoms with E-state index in [4.69, 9.17) is 10.2 Å². The van der Waals surface area contributed by atoms with E-state index in [1.54, 1.807) is 0 Å². The third kappa shape index (κ3) is 2.75. The second-order valence-corrected chi connectivity index (χ2v) is 7.83. The molecular weight excluding hydrogens is 324 g/mol. The Bertz CT molecular complexity index is 842. The van der Waals surface area contributed by atoms with Gasteiger partial charge in [0.05, 0.1) is 23.4 Å². The minimum absolute atomic E-state index is 0.200. The first kappa shape index (κ1) is 15.4. The molecule has 0 spiro atoms. The summed E-state index contributed by atoms with van der Waals surface area (Å²) in [5.74, 6) is -2.98. The molecule has 11 heteroatoms. The highest BCUT2D eigenvalue weighted by Crippen LogP contribution is 2.30. The molecular formula is C10H10N2O7S2. The molecule has 1 heterocycles. The summed E-state index contributed by atoms with van der Waals surface area (Å²) in [5.41, 5.74) is -0.493. The average molecular weight is 334 g/mol. The molecule has 0 bridgehead atoms. The number of rotatable bonds is 4. The number of benzene rings is 1. The lowest BCUT2D eigenvalue weighted by Gasteiger charge is -2.13. The van der Waals surface area contributed by atoms with Crippen molar-refractivity contribution < 1.29 is 31.5 Å². The van der Waals surface area contributed by atoms with E-state index in [9.17, 15) is 26.4 Å². The molecule has 1 aromatic rings. The number of hydrogen-bond acceptors (Lipinski definition) is 6. The molecule has 0 atom stereocenters. The number of sulfonamides is 2. The van der Waals surface area contributed by atoms with Crippen LogP contribution < -0.4 is 5.14 Å². The van der Waals surface area contributed by atoms with Gasteiger partial charge in [-0.05, 0) is 18.2 Å². The summed E-state index contributed by atoms with van der Waals surface area (Å²) < 4.78 is 46.5. The maximum atomic E-state index is 12.2. The number of carboxylic acids is 1. The molecule has 1 aromatic carbocycles. The first-order chi connectivity index (χ1) is 9.54. The van der Waals surface area contributed by atoms with Gasteiger partial charge in [0.25, 0.3) is 15.9 Å². The molecule has 3 N–H and O–H groups in total. The molecule has 1 aliphatic heterocycles. The lowest BCUT2D eigenvalue weighted by Crippen LogP contribution is -2.35. The summed E-state index contributed by atoms with van der Waals surface area (Å²) in [6.45, 7) is -0.628. The molecule has 1 aliphatic rings. The van der Waals surface area contributed by atoms with Crippen LogP contribution in [0.5, 0.6) is 0 Å². The van der Waals surface area contributed by atoms with Crippen LogP contribution in [0.1, 0.15) is 20.7 Å². The van der Waals surface area contributed by atoms with Gasteiger partial charge >= 0.3 is 5.97 Å². The number of carbonyl (C=O) groups is 2. The number of carbonyl (C=O) groups excluding carboxylic acids is 1. The van der Waals surface area contributed by atoms with E-state index in [-0.39, 0.29) is 11.1 Å². The molecule has 2 rings (SSSR count). The zero-order valence-electron chi connectivity index (χ0n) is 10.4. The van der Waals surface area contributed by atoms with E-state index in [0.29, 0.717) is 4.31 Å². The SMILES string of the molecule is NS(=O)(=O)CCN1C(=O)c2ccc(C(=O)O)cc2S1(=O)=O. The minimum atomic E-state index is -4.27. The zero-order chi connectivity index (χ0) is 16.0. The Morgan fingerprint density at radius 1 is 1.33 bits per heavy atom. The second-order valence-electron chi connectivity index (χ2n) is 4.27. The fraction of sp³-hybridized carbons (Fsp3) is 0.200. The third-order valence-corrected chi connectivity index (χ3v) is 5.41. The monoisotopic (exact) mass is 334 g/mol. The maximum Gasteiger partial charge on any atom is 0.335 e. The molecule has 0 aliphatic carbocycles. The fourth-order valence-corrected chi connectivity index (χ4v) is 3.99. The first-order valence-corrected chi connectivity index (χ1v) is 8.64. The van der Waals surface area contributed by atoms with E-state index in [1.165, 1.54) is 0 Å². The molecule has 0 radical (unpaired) electrons. The summed E-state index contributed by atoms with van der Waals surface area (Å²) in [5, 5.41) is 13.6. The number of carboxylic acid groups (broad SMARTS) is 1. The van der Waals surface area contributed by atoms with Gasteiger partial charge < -0.3 is 5.11 Å². The van der Waals surface area contributed by atoms with Crippen molar-refractivity contribution in [2.24, 2.45) is 5.14 Å². The number of amides is 1. The highest BCUT2D eigenvalue weighted by molar-refractivity contribution is 7.90. The van der Waals surface area contributed by atoms with Gasteiger partial charge in [-0.3, -0.25) is 4.79 Å². The van der Waals surface area contributed by atoms with Crippen LogP contribution >= 0.6 is 0 Å². The van der Waals surface area contributed by atoms with Crippen molar-refractivity contribution in [2.45, 2.75) is 4.90 Å². The summed E-state index contributed by atoms with van der Waals surface area (Å²) in [4.78, 5) is 22.4. The summed E-state index contributed by atoms with van der Waals surface area (Å²) in [7, 11) is -8.22. The van der Waals surface area contributed by atoms with Gasteiger partial charge in [0, 0.05) is 0 Å². The van der Waals surface area contributed by atoms with Crippen molar-refractivity contribution in [3.05, 3.63) is 29.3 Å². The summed E-state index contributed by atoms with van der Waals surface area (Å²) in [6.07, 6.45) is 0. The lowest BCUT2D eigenvalue weighted by molar-refractivity contribution is 0.0695. The number of nitrogens with two attached hydrogens (primary N) is 1. The molecule has 21 heavy (non-hydrogen) atoms. The van der Waals surface area contributed by atoms with Crippen molar-refractivity contribution in [3.63, 3.8) is 0 Å². The average Bonchev–Trinajstić information content (AvgIpc) is 2.54. The van der Waals surface area contributed by atoms with Crippen LogP contribution in [0.3, 0.4) is 0 Å². The third-order valence-electron chi connectivity index (χ3n) is 2.83. The minimum Gasteiger partial charge on any atom is -0.478 e. The van der Waals surface area contributed by atoms with Crippen LogP contribution in [0.4, 0.5) is 0 Å². The Morgan fingerprint density at radius 2 is 1.95 bits per heavy atom. The van der Waals surface area contributed by atoms with Crippen molar-refractivity contribution >= 4 is 31.9 Å². The van der Waals surface area contributed by atoms with Crippen LogP contribution in [0.25, 0.3) is 0 Å². The Morgan fingerprint density at radius 3 is 2.48 bits per heavy atom. The van der Waals surface area contributed by atoms with Crippen LogP contribution in [-0.4, -0.2) is 50.4 Å². The summed E-state index contributed by atoms with van der Waals surface area (Å²) >= 11 is 0. The number of primary sulfonamides is 1. The number of nitrogens with zero attached hydrogens (tertiary/aromatic N) is 1. The van der Waals surface area contributed by atoms with Gasteiger partial charge in [0.15, 0.2) is 0 Å². The number of aromatic carboxylic acids is 1. The lowest BCUT2D eigenvalue weighted by atomic mass is 10.1. The molecule has 9 nitrogen and oxygen atoms in total. The molecule has 114 valence electrons. The van der Waals surface area contributed by atoms with Crippen LogP contribution in [-0.2, 0) is 20.0 Å². The summed E-state index contributed by atoms with van der Waals surface area (Å²) in [6, 6.07) is 3.04. The van der Waals surface area contributed by atoms with Gasteiger partial charge in [0.1, 0.15) is 4.90 Å². The van der Waals surface area contributed by atoms with E-state index < -0.39 is 49.1 Å². The Balaban J connectivity index is 2.47. The smallest absolute Gasteiger partial charge is 0.335 e. The van der Waals surface area contributed by atoms with E-state index in [1.807, 2.05) is 0 Å². The first-order valence-electron chi connectivity index (χ1n) is 5.49. The van der Waals surface area contributed by atoms with Gasteiger partial charge in [-0.2, -0.15) is 0 Å². The van der Waals surface area contributed by atoms with Crippen molar-refractivity contribution in [2.75, 3.05) is 12.3 Å². The standard InChI is InChI=1S/C10H10N2O7S2/c11-20(16,17)4-3-12-9(13)7-2-1-6(10(14)15)5-8(7)21(12,18)19/h1-2,5H,3-4H2,(H,14,15)(H2,11,16,17). The van der Waals surface area contributed by atoms with Crippen molar-refractivity contribution in [1.82, 2.24) is 4.31 Å². The predicted octanol–water partition coefficient (Wildman–Crippen LogP) is -1.18. The van der Waals surface area contributed by atoms with Gasteiger partial charge in [-0.15, -0.1) is 0 Å². The second kappa shape index (κ2) is 4.79. The molecule has 0 unspecified atom stereocenters. The largest absolute Gasteiger partial charge is 0.478 e. The highest BCUT2D eigenvalue weighted by Gasteiger charge is 2.41. The molecule has 0 aromatic heterocycles. The Hall–Kier alpha value is -1.98. The molecule has 0 saturated heterocycles. The quantitative estimate of drug-likeness (QED) is 0.702.